The Morgan fingerprint density at radius 1 is 1.18 bits per heavy atom. The third-order valence-electron chi connectivity index (χ3n) is 4.32. The number of carbonyl (C=O) groups is 1. The fourth-order valence-corrected chi connectivity index (χ4v) is 2.88. The molecule has 7 heteroatoms. The first-order chi connectivity index (χ1) is 13.5. The van der Waals surface area contributed by atoms with Gasteiger partial charge < -0.3 is 15.8 Å². The van der Waals surface area contributed by atoms with Crippen LogP contribution in [0, 0.1) is 10.1 Å². The van der Waals surface area contributed by atoms with E-state index in [2.05, 4.69) is 36.5 Å². The molecule has 0 heterocycles. The van der Waals surface area contributed by atoms with Gasteiger partial charge in [-0.2, -0.15) is 0 Å². The first-order valence-electron chi connectivity index (χ1n) is 9.48. The van der Waals surface area contributed by atoms with Gasteiger partial charge in [0.1, 0.15) is 6.61 Å². The molecule has 0 aromatic heterocycles. The molecule has 28 heavy (non-hydrogen) atoms. The van der Waals surface area contributed by atoms with E-state index in [1.807, 2.05) is 0 Å². The molecule has 0 atom stereocenters. The molecular formula is C21H27N3O4. The van der Waals surface area contributed by atoms with Crippen molar-refractivity contribution in [3.05, 3.63) is 69.3 Å². The second kappa shape index (κ2) is 11.0. The van der Waals surface area contributed by atoms with E-state index in [0.29, 0.717) is 12.1 Å². The van der Waals surface area contributed by atoms with Gasteiger partial charge in [-0.15, -0.1) is 0 Å². The van der Waals surface area contributed by atoms with E-state index < -0.39 is 4.92 Å². The number of benzene rings is 2. The lowest BCUT2D eigenvalue weighted by atomic mass is 10.1. The predicted molar refractivity (Wildman–Crippen MR) is 109 cm³/mol. The van der Waals surface area contributed by atoms with Crippen LogP contribution in [0.1, 0.15) is 30.0 Å². The second-order valence-electron chi connectivity index (χ2n) is 6.50. The number of amides is 1. The zero-order valence-corrected chi connectivity index (χ0v) is 16.1. The van der Waals surface area contributed by atoms with E-state index in [1.165, 1.54) is 23.3 Å². The molecule has 150 valence electrons. The fourth-order valence-electron chi connectivity index (χ4n) is 2.88. The second-order valence-corrected chi connectivity index (χ2v) is 6.50. The molecule has 3 N–H and O–H groups in total. The number of nitro groups is 1. The highest BCUT2D eigenvalue weighted by Crippen LogP contribution is 2.28. The summed E-state index contributed by atoms with van der Waals surface area (Å²) in [6, 6.07) is 13.0. The van der Waals surface area contributed by atoms with Crippen molar-refractivity contribution in [1.29, 1.82) is 0 Å². The number of hydrogen-bond acceptors (Lipinski definition) is 5. The van der Waals surface area contributed by atoms with Gasteiger partial charge in [0.2, 0.25) is 5.91 Å². The number of nitrogens with one attached hydrogen (secondary N) is 1. The lowest BCUT2D eigenvalue weighted by molar-refractivity contribution is -0.385. The number of carbonyl (C=O) groups excluding carboxylic acids is 1. The SMILES string of the molecule is CCc1cccc(CCCNC(=O)Cc2ccc(OCCN)c([N+](=O)[O-])c2)c1. The number of rotatable bonds is 11. The van der Waals surface area contributed by atoms with Crippen molar-refractivity contribution in [3.8, 4) is 5.75 Å². The van der Waals surface area contributed by atoms with E-state index in [0.717, 1.165) is 19.3 Å². The van der Waals surface area contributed by atoms with Crippen LogP contribution in [0.15, 0.2) is 42.5 Å². The minimum Gasteiger partial charge on any atom is -0.485 e. The van der Waals surface area contributed by atoms with Gasteiger partial charge in [0.05, 0.1) is 11.3 Å². The van der Waals surface area contributed by atoms with Gasteiger partial charge in [-0.25, -0.2) is 0 Å². The maximum atomic E-state index is 12.1. The smallest absolute Gasteiger partial charge is 0.311 e. The summed E-state index contributed by atoms with van der Waals surface area (Å²) in [7, 11) is 0. The van der Waals surface area contributed by atoms with Crippen LogP contribution in [0.2, 0.25) is 0 Å². The first kappa shape index (κ1) is 21.4. The van der Waals surface area contributed by atoms with Crippen LogP contribution in [0.4, 0.5) is 5.69 Å². The Bertz CT molecular complexity index is 808. The Hall–Kier alpha value is -2.93. The summed E-state index contributed by atoms with van der Waals surface area (Å²) in [6.45, 7) is 3.15. The average molecular weight is 385 g/mol. The predicted octanol–water partition coefficient (Wildman–Crippen LogP) is 2.79. The standard InChI is InChI=1S/C21H27N3O4/c1-2-16-5-3-6-17(13-16)7-4-11-23-21(25)15-18-8-9-20(28-12-10-22)19(14-18)24(26)27/h3,5-6,8-9,13-14H,2,4,7,10-12,15,22H2,1H3,(H,23,25). The van der Waals surface area contributed by atoms with Crippen LogP contribution in [-0.4, -0.2) is 30.5 Å². The molecule has 0 radical (unpaired) electrons. The average Bonchev–Trinajstić information content (AvgIpc) is 2.70. The van der Waals surface area contributed by atoms with Crippen molar-refractivity contribution in [3.63, 3.8) is 0 Å². The summed E-state index contributed by atoms with van der Waals surface area (Å²) < 4.78 is 5.28. The van der Waals surface area contributed by atoms with Gasteiger partial charge in [-0.05, 0) is 42.0 Å². The number of nitrogens with two attached hydrogens (primary N) is 1. The van der Waals surface area contributed by atoms with Crippen LogP contribution in [0.25, 0.3) is 0 Å². The Balaban J connectivity index is 1.83. The maximum absolute atomic E-state index is 12.1. The van der Waals surface area contributed by atoms with Crippen LogP contribution >= 0.6 is 0 Å². The van der Waals surface area contributed by atoms with E-state index >= 15 is 0 Å². The Morgan fingerprint density at radius 3 is 2.68 bits per heavy atom. The third kappa shape index (κ3) is 6.66. The summed E-state index contributed by atoms with van der Waals surface area (Å²) in [5, 5.41) is 14.1. The number of ether oxygens (including phenoxy) is 1. The number of aryl methyl sites for hydroxylation is 2. The molecule has 2 aromatic carbocycles. The summed E-state index contributed by atoms with van der Waals surface area (Å²) in [6.07, 6.45) is 2.83. The molecule has 0 aliphatic rings. The minimum atomic E-state index is -0.516. The van der Waals surface area contributed by atoms with Crippen LogP contribution in [-0.2, 0) is 24.1 Å². The zero-order valence-electron chi connectivity index (χ0n) is 16.1. The molecular weight excluding hydrogens is 358 g/mol. The van der Waals surface area contributed by atoms with Gasteiger partial charge in [-0.1, -0.05) is 37.3 Å². The largest absolute Gasteiger partial charge is 0.485 e. The Kier molecular flexibility index (Phi) is 8.42. The normalized spacial score (nSPS) is 10.5. The highest BCUT2D eigenvalue weighted by Gasteiger charge is 2.17. The topological polar surface area (TPSA) is 107 Å². The van der Waals surface area contributed by atoms with Crippen molar-refractivity contribution < 1.29 is 14.5 Å². The molecule has 0 saturated carbocycles. The molecule has 0 bridgehead atoms. The Morgan fingerprint density at radius 2 is 1.96 bits per heavy atom. The molecule has 0 aliphatic heterocycles. The quantitative estimate of drug-likeness (QED) is 0.351. The van der Waals surface area contributed by atoms with Gasteiger partial charge in [-0.3, -0.25) is 14.9 Å². The molecule has 0 fully saturated rings. The molecule has 0 unspecified atom stereocenters. The first-order valence-corrected chi connectivity index (χ1v) is 9.48. The zero-order chi connectivity index (χ0) is 20.4. The molecule has 0 spiro atoms. The molecule has 2 rings (SSSR count). The summed E-state index contributed by atoms with van der Waals surface area (Å²) in [4.78, 5) is 22.8. The van der Waals surface area contributed by atoms with E-state index in [-0.39, 0.29) is 36.9 Å². The highest BCUT2D eigenvalue weighted by atomic mass is 16.6. The molecule has 0 aliphatic carbocycles. The van der Waals surface area contributed by atoms with Gasteiger partial charge >= 0.3 is 5.69 Å². The monoisotopic (exact) mass is 385 g/mol. The number of hydrogen-bond donors (Lipinski definition) is 2. The fraction of sp³-hybridized carbons (Fsp3) is 0.381. The van der Waals surface area contributed by atoms with Crippen molar-refractivity contribution in [1.82, 2.24) is 5.32 Å². The minimum absolute atomic E-state index is 0.0866. The van der Waals surface area contributed by atoms with Crippen molar-refractivity contribution in [2.45, 2.75) is 32.6 Å². The van der Waals surface area contributed by atoms with Gasteiger partial charge in [0.25, 0.3) is 0 Å². The third-order valence-corrected chi connectivity index (χ3v) is 4.32. The van der Waals surface area contributed by atoms with Crippen molar-refractivity contribution in [2.24, 2.45) is 5.73 Å². The lowest BCUT2D eigenvalue weighted by Crippen LogP contribution is -2.26. The molecule has 1 amide bonds. The van der Waals surface area contributed by atoms with Crippen LogP contribution < -0.4 is 15.8 Å². The molecule has 2 aromatic rings. The maximum Gasteiger partial charge on any atom is 0.311 e. The summed E-state index contributed by atoms with van der Waals surface area (Å²) >= 11 is 0. The van der Waals surface area contributed by atoms with E-state index in [4.69, 9.17) is 10.5 Å². The van der Waals surface area contributed by atoms with E-state index in [1.54, 1.807) is 6.07 Å². The van der Waals surface area contributed by atoms with Gasteiger partial charge in [0, 0.05) is 19.2 Å². The lowest BCUT2D eigenvalue weighted by Gasteiger charge is -2.08. The van der Waals surface area contributed by atoms with E-state index in [9.17, 15) is 14.9 Å². The van der Waals surface area contributed by atoms with Crippen LogP contribution in [0.3, 0.4) is 0 Å². The summed E-state index contributed by atoms with van der Waals surface area (Å²) in [5.41, 5.74) is 8.34. The number of nitro benzene ring substituents is 1. The molecule has 7 nitrogen and oxygen atoms in total. The summed E-state index contributed by atoms with van der Waals surface area (Å²) in [5.74, 6) is 0.00107. The van der Waals surface area contributed by atoms with Crippen molar-refractivity contribution in [2.75, 3.05) is 19.7 Å². The van der Waals surface area contributed by atoms with Crippen molar-refractivity contribution >= 4 is 11.6 Å². The van der Waals surface area contributed by atoms with Gasteiger partial charge in [0.15, 0.2) is 5.75 Å². The Labute approximate surface area is 165 Å². The number of nitrogens with zero attached hydrogens (tertiary/aromatic N) is 1. The molecule has 0 saturated heterocycles. The highest BCUT2D eigenvalue weighted by molar-refractivity contribution is 5.78. The van der Waals surface area contributed by atoms with Crippen LogP contribution in [0.5, 0.6) is 5.75 Å².